The number of anilines is 1. The first kappa shape index (κ1) is 7.96. The van der Waals surface area contributed by atoms with Crippen molar-refractivity contribution in [2.24, 2.45) is 5.84 Å². The summed E-state index contributed by atoms with van der Waals surface area (Å²) in [5, 5.41) is 5.57. The third-order valence-electron chi connectivity index (χ3n) is 1.06. The molecule has 0 aromatic carbocycles. The van der Waals surface area contributed by atoms with Gasteiger partial charge in [-0.15, -0.1) is 11.3 Å². The summed E-state index contributed by atoms with van der Waals surface area (Å²) < 4.78 is 0. The van der Waals surface area contributed by atoms with Crippen LogP contribution in [0.5, 0.6) is 0 Å². The summed E-state index contributed by atoms with van der Waals surface area (Å²) in [6.07, 6.45) is 1.59. The van der Waals surface area contributed by atoms with E-state index in [1.165, 1.54) is 18.4 Å². The van der Waals surface area contributed by atoms with Gasteiger partial charge in [-0.1, -0.05) is 0 Å². The summed E-state index contributed by atoms with van der Waals surface area (Å²) in [5.74, 6) is 5.36. The zero-order valence-corrected chi connectivity index (χ0v) is 6.76. The van der Waals surface area contributed by atoms with Crippen LogP contribution in [0.3, 0.4) is 0 Å². The van der Waals surface area contributed by atoms with Crippen LogP contribution in [-0.4, -0.2) is 18.1 Å². The molecule has 60 valence electrons. The number of hydrazine groups is 1. The predicted octanol–water partition coefficient (Wildman–Crippen LogP) is 0.163. The van der Waals surface area contributed by atoms with Crippen LogP contribution in [0, 0.1) is 0 Å². The number of hydrogen-bond donors (Lipinski definition) is 2. The van der Waals surface area contributed by atoms with Crippen molar-refractivity contribution in [1.82, 2.24) is 10.3 Å². The van der Waals surface area contributed by atoms with E-state index in [-0.39, 0.29) is 6.03 Å². The fourth-order valence-corrected chi connectivity index (χ4v) is 1.10. The van der Waals surface area contributed by atoms with Gasteiger partial charge in [-0.05, 0) is 0 Å². The van der Waals surface area contributed by atoms with Crippen molar-refractivity contribution < 1.29 is 4.79 Å². The largest absolute Gasteiger partial charge is 0.340 e. The molecule has 1 aromatic heterocycles. The first-order chi connectivity index (χ1) is 5.25. The second-order valence-electron chi connectivity index (χ2n) is 1.74. The Morgan fingerprint density at radius 3 is 3.09 bits per heavy atom. The van der Waals surface area contributed by atoms with E-state index in [0.29, 0.717) is 5.13 Å². The normalized spacial score (nSPS) is 9.27. The number of nitrogens with two attached hydrogens (primary N) is 1. The lowest BCUT2D eigenvalue weighted by Gasteiger charge is -2.10. The standard InChI is InChI=1S/C5H8N4OS/c1-7-4(10)9(6)5-8-2-3-11-5/h2-3H,6H2,1H3,(H,7,10). The van der Waals surface area contributed by atoms with E-state index >= 15 is 0 Å². The number of carbonyl (C=O) groups excluding carboxylic acids is 1. The lowest BCUT2D eigenvalue weighted by Crippen LogP contribution is -2.43. The molecule has 0 aliphatic carbocycles. The van der Waals surface area contributed by atoms with Gasteiger partial charge in [-0.3, -0.25) is 0 Å². The van der Waals surface area contributed by atoms with Gasteiger partial charge in [0.25, 0.3) is 0 Å². The van der Waals surface area contributed by atoms with Crippen molar-refractivity contribution in [3.8, 4) is 0 Å². The van der Waals surface area contributed by atoms with Crippen molar-refractivity contribution >= 4 is 22.5 Å². The van der Waals surface area contributed by atoms with E-state index in [4.69, 9.17) is 5.84 Å². The Balaban J connectivity index is 2.70. The third kappa shape index (κ3) is 1.66. The van der Waals surface area contributed by atoms with E-state index in [0.717, 1.165) is 5.01 Å². The maximum Gasteiger partial charge on any atom is 0.338 e. The number of aromatic nitrogens is 1. The van der Waals surface area contributed by atoms with Gasteiger partial charge in [0.1, 0.15) is 0 Å². The van der Waals surface area contributed by atoms with Crippen molar-refractivity contribution in [2.45, 2.75) is 0 Å². The van der Waals surface area contributed by atoms with Gasteiger partial charge in [0.15, 0.2) is 0 Å². The van der Waals surface area contributed by atoms with Gasteiger partial charge in [-0.25, -0.2) is 20.6 Å². The quantitative estimate of drug-likeness (QED) is 0.360. The summed E-state index contributed by atoms with van der Waals surface area (Å²) in [4.78, 5) is 14.7. The number of urea groups is 1. The Bertz CT molecular complexity index is 235. The molecule has 2 amide bonds. The minimum atomic E-state index is -0.375. The number of carbonyl (C=O) groups is 1. The average molecular weight is 172 g/mol. The van der Waals surface area contributed by atoms with E-state index in [2.05, 4.69) is 10.3 Å². The molecule has 0 bridgehead atoms. The monoisotopic (exact) mass is 172 g/mol. The number of thiazole rings is 1. The summed E-state index contributed by atoms with van der Waals surface area (Å²) >= 11 is 1.30. The van der Waals surface area contributed by atoms with E-state index in [9.17, 15) is 4.79 Å². The van der Waals surface area contributed by atoms with Crippen LogP contribution in [0.15, 0.2) is 11.6 Å². The first-order valence-corrected chi connectivity index (χ1v) is 3.79. The van der Waals surface area contributed by atoms with Crippen LogP contribution in [0.4, 0.5) is 9.93 Å². The fraction of sp³-hybridized carbons (Fsp3) is 0.200. The highest BCUT2D eigenvalue weighted by Crippen LogP contribution is 2.13. The Labute approximate surface area is 67.8 Å². The zero-order valence-electron chi connectivity index (χ0n) is 5.94. The molecule has 5 nitrogen and oxygen atoms in total. The van der Waals surface area contributed by atoms with E-state index in [1.807, 2.05) is 0 Å². The molecule has 11 heavy (non-hydrogen) atoms. The molecular formula is C5H8N4OS. The summed E-state index contributed by atoms with van der Waals surface area (Å²) in [7, 11) is 1.51. The topological polar surface area (TPSA) is 71.2 Å². The zero-order chi connectivity index (χ0) is 8.27. The Kier molecular flexibility index (Phi) is 2.40. The van der Waals surface area contributed by atoms with Crippen molar-refractivity contribution in [2.75, 3.05) is 12.1 Å². The lowest BCUT2D eigenvalue weighted by molar-refractivity contribution is 0.248. The smallest absolute Gasteiger partial charge is 0.338 e. The lowest BCUT2D eigenvalue weighted by atomic mass is 10.9. The molecule has 0 unspecified atom stereocenters. The number of rotatable bonds is 1. The van der Waals surface area contributed by atoms with Crippen molar-refractivity contribution in [1.29, 1.82) is 0 Å². The van der Waals surface area contributed by atoms with E-state index < -0.39 is 0 Å². The van der Waals surface area contributed by atoms with Crippen LogP contribution < -0.4 is 16.2 Å². The number of amides is 2. The van der Waals surface area contributed by atoms with Gasteiger partial charge in [0, 0.05) is 18.6 Å². The molecular weight excluding hydrogens is 164 g/mol. The molecule has 1 heterocycles. The average Bonchev–Trinajstić information content (AvgIpc) is 2.53. The van der Waals surface area contributed by atoms with Crippen molar-refractivity contribution in [3.63, 3.8) is 0 Å². The third-order valence-corrected chi connectivity index (χ3v) is 1.83. The molecule has 0 saturated carbocycles. The summed E-state index contributed by atoms with van der Waals surface area (Å²) in [6, 6.07) is -0.375. The summed E-state index contributed by atoms with van der Waals surface area (Å²) in [6.45, 7) is 0. The number of nitrogens with one attached hydrogen (secondary N) is 1. The van der Waals surface area contributed by atoms with Gasteiger partial charge >= 0.3 is 6.03 Å². The van der Waals surface area contributed by atoms with Gasteiger partial charge in [-0.2, -0.15) is 0 Å². The molecule has 6 heteroatoms. The Morgan fingerprint density at radius 1 is 1.91 bits per heavy atom. The van der Waals surface area contributed by atoms with Crippen LogP contribution in [0.2, 0.25) is 0 Å². The SMILES string of the molecule is CNC(=O)N(N)c1nccs1. The number of nitrogens with zero attached hydrogens (tertiary/aromatic N) is 2. The van der Waals surface area contributed by atoms with Gasteiger partial charge in [0.05, 0.1) is 0 Å². The minimum absolute atomic E-state index is 0.375. The second-order valence-corrected chi connectivity index (χ2v) is 2.61. The van der Waals surface area contributed by atoms with Crippen LogP contribution in [0.1, 0.15) is 0 Å². The maximum atomic E-state index is 10.9. The molecule has 0 spiro atoms. The molecule has 1 aromatic rings. The molecule has 0 atom stereocenters. The molecule has 0 saturated heterocycles. The Hall–Kier alpha value is -1.14. The molecule has 0 fully saturated rings. The van der Waals surface area contributed by atoms with E-state index in [1.54, 1.807) is 11.6 Å². The van der Waals surface area contributed by atoms with Crippen LogP contribution in [0.25, 0.3) is 0 Å². The fourth-order valence-electron chi connectivity index (χ4n) is 0.542. The molecule has 1 rings (SSSR count). The van der Waals surface area contributed by atoms with Crippen LogP contribution in [-0.2, 0) is 0 Å². The minimum Gasteiger partial charge on any atom is -0.340 e. The Morgan fingerprint density at radius 2 is 2.64 bits per heavy atom. The molecule has 0 radical (unpaired) electrons. The second kappa shape index (κ2) is 3.31. The highest BCUT2D eigenvalue weighted by atomic mass is 32.1. The highest BCUT2D eigenvalue weighted by molar-refractivity contribution is 7.13. The summed E-state index contributed by atoms with van der Waals surface area (Å²) in [5.41, 5.74) is 0. The molecule has 3 N–H and O–H groups in total. The number of hydrogen-bond acceptors (Lipinski definition) is 4. The van der Waals surface area contributed by atoms with Gasteiger partial charge < -0.3 is 5.32 Å². The predicted molar refractivity (Wildman–Crippen MR) is 43.2 cm³/mol. The maximum absolute atomic E-state index is 10.9. The first-order valence-electron chi connectivity index (χ1n) is 2.91. The van der Waals surface area contributed by atoms with Gasteiger partial charge in [0.2, 0.25) is 5.13 Å². The van der Waals surface area contributed by atoms with Crippen LogP contribution >= 0.6 is 11.3 Å². The van der Waals surface area contributed by atoms with Crippen molar-refractivity contribution in [3.05, 3.63) is 11.6 Å². The molecule has 0 aliphatic heterocycles. The highest BCUT2D eigenvalue weighted by Gasteiger charge is 2.10. The molecule has 0 aliphatic rings.